The molecule has 2 atom stereocenters. The number of rotatable bonds is 5. The van der Waals surface area contributed by atoms with Gasteiger partial charge in [-0.3, -0.25) is 4.90 Å². The second kappa shape index (κ2) is 6.16. The Balaban J connectivity index is 2.02. The number of aliphatic hydroxyl groups is 1. The Bertz CT molecular complexity index is 383. The summed E-state index contributed by atoms with van der Waals surface area (Å²) in [5.41, 5.74) is 1.26. The molecule has 1 aromatic rings. The van der Waals surface area contributed by atoms with E-state index in [4.69, 9.17) is 0 Å². The minimum absolute atomic E-state index is 0.256. The third-order valence-electron chi connectivity index (χ3n) is 3.75. The van der Waals surface area contributed by atoms with Crippen molar-refractivity contribution in [3.63, 3.8) is 0 Å². The molecule has 0 amide bonds. The van der Waals surface area contributed by atoms with Crippen molar-refractivity contribution < 1.29 is 5.11 Å². The maximum Gasteiger partial charge on any atom is 0.126 e. The molecule has 1 aliphatic rings. The van der Waals surface area contributed by atoms with E-state index < -0.39 is 0 Å². The van der Waals surface area contributed by atoms with Crippen LogP contribution in [0.15, 0.2) is 18.3 Å². The van der Waals surface area contributed by atoms with Crippen LogP contribution in [0.25, 0.3) is 0 Å². The van der Waals surface area contributed by atoms with Crippen LogP contribution in [0, 0.1) is 5.92 Å². The molecular formula is C14H23N3O. The molecule has 100 valence electrons. The predicted molar refractivity (Wildman–Crippen MR) is 73.5 cm³/mol. The van der Waals surface area contributed by atoms with E-state index in [9.17, 15) is 5.11 Å². The minimum Gasteiger partial charge on any atom is -0.395 e. The van der Waals surface area contributed by atoms with Crippen molar-refractivity contribution >= 4 is 5.82 Å². The molecule has 0 spiro atoms. The molecule has 2 N–H and O–H groups in total. The van der Waals surface area contributed by atoms with Crippen molar-refractivity contribution in [2.24, 2.45) is 5.92 Å². The zero-order chi connectivity index (χ0) is 13.0. The molecule has 0 bridgehead atoms. The number of likely N-dealkylation sites (tertiary alicyclic amines) is 1. The summed E-state index contributed by atoms with van der Waals surface area (Å²) in [6, 6.07) is 4.46. The highest BCUT2D eigenvalue weighted by molar-refractivity contribution is 5.37. The Morgan fingerprint density at radius 3 is 3.11 bits per heavy atom. The lowest BCUT2D eigenvalue weighted by atomic mass is 10.0. The Morgan fingerprint density at radius 1 is 1.56 bits per heavy atom. The summed E-state index contributed by atoms with van der Waals surface area (Å²) < 4.78 is 0. The van der Waals surface area contributed by atoms with E-state index in [2.05, 4.69) is 41.2 Å². The van der Waals surface area contributed by atoms with Gasteiger partial charge < -0.3 is 10.4 Å². The molecule has 2 rings (SSSR count). The molecule has 1 saturated heterocycles. The quantitative estimate of drug-likeness (QED) is 0.834. The first-order valence-corrected chi connectivity index (χ1v) is 6.78. The van der Waals surface area contributed by atoms with E-state index in [0.29, 0.717) is 12.0 Å². The topological polar surface area (TPSA) is 48.4 Å². The Hall–Kier alpha value is -1.13. The Kier molecular flexibility index (Phi) is 4.55. The standard InChI is InChI=1S/C14H23N3O/c1-3-15-14-8-12(4-6-16-14)9-17-7-5-11(2)13(17)10-18/h4,6,8,11,13,18H,3,5,7,9-10H2,1-2H3,(H,15,16). The summed E-state index contributed by atoms with van der Waals surface area (Å²) in [6.45, 7) is 7.40. The highest BCUT2D eigenvalue weighted by Gasteiger charge is 2.30. The van der Waals surface area contributed by atoms with Crippen molar-refractivity contribution in [3.8, 4) is 0 Å². The van der Waals surface area contributed by atoms with E-state index in [1.807, 2.05) is 6.20 Å². The normalized spacial score (nSPS) is 24.4. The minimum atomic E-state index is 0.256. The average Bonchev–Trinajstić information content (AvgIpc) is 2.71. The van der Waals surface area contributed by atoms with Gasteiger partial charge in [-0.05, 0) is 43.5 Å². The van der Waals surface area contributed by atoms with Crippen LogP contribution in [-0.4, -0.2) is 40.7 Å². The van der Waals surface area contributed by atoms with Gasteiger partial charge in [0.05, 0.1) is 6.61 Å². The van der Waals surface area contributed by atoms with Gasteiger partial charge in [-0.1, -0.05) is 6.92 Å². The summed E-state index contributed by atoms with van der Waals surface area (Å²) in [5.74, 6) is 1.52. The molecule has 2 heterocycles. The maximum absolute atomic E-state index is 9.46. The SMILES string of the molecule is CCNc1cc(CN2CCC(C)C2CO)ccn1. The van der Waals surface area contributed by atoms with Crippen molar-refractivity contribution in [2.75, 3.05) is 25.0 Å². The van der Waals surface area contributed by atoms with Gasteiger partial charge in [0.25, 0.3) is 0 Å². The summed E-state index contributed by atoms with van der Waals surface area (Å²) in [4.78, 5) is 6.65. The van der Waals surface area contributed by atoms with Gasteiger partial charge in [0.2, 0.25) is 0 Å². The molecular weight excluding hydrogens is 226 g/mol. The first-order chi connectivity index (χ1) is 8.74. The molecule has 18 heavy (non-hydrogen) atoms. The summed E-state index contributed by atoms with van der Waals surface area (Å²) >= 11 is 0. The fraction of sp³-hybridized carbons (Fsp3) is 0.643. The lowest BCUT2D eigenvalue weighted by molar-refractivity contribution is 0.134. The highest BCUT2D eigenvalue weighted by atomic mass is 16.3. The van der Waals surface area contributed by atoms with Crippen molar-refractivity contribution in [1.29, 1.82) is 0 Å². The van der Waals surface area contributed by atoms with Gasteiger partial charge in [0.1, 0.15) is 5.82 Å². The number of aliphatic hydroxyl groups excluding tert-OH is 1. The van der Waals surface area contributed by atoms with E-state index in [0.717, 1.165) is 25.5 Å². The van der Waals surface area contributed by atoms with Crippen LogP contribution in [0.4, 0.5) is 5.82 Å². The van der Waals surface area contributed by atoms with Crippen LogP contribution >= 0.6 is 0 Å². The Morgan fingerprint density at radius 2 is 2.39 bits per heavy atom. The van der Waals surface area contributed by atoms with Gasteiger partial charge in [-0.15, -0.1) is 0 Å². The smallest absolute Gasteiger partial charge is 0.126 e. The molecule has 4 heteroatoms. The van der Waals surface area contributed by atoms with Gasteiger partial charge in [0.15, 0.2) is 0 Å². The fourth-order valence-corrected chi connectivity index (χ4v) is 2.66. The van der Waals surface area contributed by atoms with Gasteiger partial charge in [-0.2, -0.15) is 0 Å². The monoisotopic (exact) mass is 249 g/mol. The molecule has 0 radical (unpaired) electrons. The van der Waals surface area contributed by atoms with E-state index >= 15 is 0 Å². The maximum atomic E-state index is 9.46. The van der Waals surface area contributed by atoms with E-state index in [1.54, 1.807) is 0 Å². The van der Waals surface area contributed by atoms with Crippen LogP contribution in [0.5, 0.6) is 0 Å². The van der Waals surface area contributed by atoms with E-state index in [-0.39, 0.29) is 6.61 Å². The fourth-order valence-electron chi connectivity index (χ4n) is 2.66. The number of hydrogen-bond donors (Lipinski definition) is 2. The highest BCUT2D eigenvalue weighted by Crippen LogP contribution is 2.25. The van der Waals surface area contributed by atoms with E-state index in [1.165, 1.54) is 12.0 Å². The lowest BCUT2D eigenvalue weighted by Gasteiger charge is -2.25. The average molecular weight is 249 g/mol. The lowest BCUT2D eigenvalue weighted by Crippen LogP contribution is -2.34. The van der Waals surface area contributed by atoms with Crippen molar-refractivity contribution in [3.05, 3.63) is 23.9 Å². The molecule has 0 aromatic carbocycles. The molecule has 1 fully saturated rings. The third kappa shape index (κ3) is 3.00. The first kappa shape index (κ1) is 13.3. The van der Waals surface area contributed by atoms with Gasteiger partial charge in [0, 0.05) is 25.3 Å². The number of aromatic nitrogens is 1. The number of nitrogens with one attached hydrogen (secondary N) is 1. The molecule has 4 nitrogen and oxygen atoms in total. The van der Waals surface area contributed by atoms with Crippen LogP contribution in [-0.2, 0) is 6.54 Å². The van der Waals surface area contributed by atoms with Crippen molar-refractivity contribution in [1.82, 2.24) is 9.88 Å². The second-order valence-corrected chi connectivity index (χ2v) is 5.07. The number of nitrogens with zero attached hydrogens (tertiary/aromatic N) is 2. The number of anilines is 1. The third-order valence-corrected chi connectivity index (χ3v) is 3.75. The number of pyridine rings is 1. The van der Waals surface area contributed by atoms with Gasteiger partial charge >= 0.3 is 0 Å². The van der Waals surface area contributed by atoms with Crippen LogP contribution < -0.4 is 5.32 Å². The summed E-state index contributed by atoms with van der Waals surface area (Å²) in [6.07, 6.45) is 3.02. The molecule has 1 aliphatic heterocycles. The summed E-state index contributed by atoms with van der Waals surface area (Å²) in [7, 11) is 0. The van der Waals surface area contributed by atoms with Gasteiger partial charge in [-0.25, -0.2) is 4.98 Å². The molecule has 0 aliphatic carbocycles. The van der Waals surface area contributed by atoms with Crippen LogP contribution in [0.1, 0.15) is 25.8 Å². The summed E-state index contributed by atoms with van der Waals surface area (Å²) in [5, 5.41) is 12.7. The Labute approximate surface area is 109 Å². The zero-order valence-corrected chi connectivity index (χ0v) is 11.3. The van der Waals surface area contributed by atoms with Crippen LogP contribution in [0.3, 0.4) is 0 Å². The zero-order valence-electron chi connectivity index (χ0n) is 11.3. The predicted octanol–water partition coefficient (Wildman–Crippen LogP) is 1.72. The molecule has 0 saturated carbocycles. The molecule has 2 unspecified atom stereocenters. The second-order valence-electron chi connectivity index (χ2n) is 5.07. The number of hydrogen-bond acceptors (Lipinski definition) is 4. The molecule has 1 aromatic heterocycles. The van der Waals surface area contributed by atoms with Crippen molar-refractivity contribution in [2.45, 2.75) is 32.9 Å². The first-order valence-electron chi connectivity index (χ1n) is 6.78. The van der Waals surface area contributed by atoms with Crippen LogP contribution in [0.2, 0.25) is 0 Å². The largest absolute Gasteiger partial charge is 0.395 e.